The lowest BCUT2D eigenvalue weighted by atomic mass is 10.2. The molecule has 2 aromatic rings. The lowest BCUT2D eigenvalue weighted by Gasteiger charge is -2.10. The van der Waals surface area contributed by atoms with Gasteiger partial charge in [0, 0.05) is 11.4 Å². The molecule has 0 unspecified atom stereocenters. The van der Waals surface area contributed by atoms with Crippen molar-refractivity contribution in [3.63, 3.8) is 0 Å². The zero-order chi connectivity index (χ0) is 17.0. The summed E-state index contributed by atoms with van der Waals surface area (Å²) in [6, 6.07) is 8.76. The van der Waals surface area contributed by atoms with Crippen molar-refractivity contribution >= 4 is 23.4 Å². The summed E-state index contributed by atoms with van der Waals surface area (Å²) in [4.78, 5) is 22.4. The summed E-state index contributed by atoms with van der Waals surface area (Å²) in [5.74, 6) is -1.09. The Bertz CT molecular complexity index is 710. The van der Waals surface area contributed by atoms with Gasteiger partial charge in [0.2, 0.25) is 0 Å². The van der Waals surface area contributed by atoms with Crippen LogP contribution in [0.25, 0.3) is 0 Å². The number of amides is 2. The molecule has 0 saturated heterocycles. The maximum atomic E-state index is 12.4. The molecule has 2 rings (SSSR count). The summed E-state index contributed by atoms with van der Waals surface area (Å²) >= 11 is 0. The van der Waals surface area contributed by atoms with Gasteiger partial charge in [0.05, 0.1) is 11.1 Å². The molecule has 0 heterocycles. The number of carboxylic acid groups (broad SMARTS) is 1. The van der Waals surface area contributed by atoms with E-state index in [1.807, 2.05) is 0 Å². The minimum Gasteiger partial charge on any atom is -0.478 e. The molecule has 0 spiro atoms. The number of nitrogens with one attached hydrogen (secondary N) is 2. The highest BCUT2D eigenvalue weighted by Crippen LogP contribution is 2.29. The van der Waals surface area contributed by atoms with Crippen molar-refractivity contribution < 1.29 is 27.9 Å². The van der Waals surface area contributed by atoms with E-state index in [0.29, 0.717) is 5.69 Å². The van der Waals surface area contributed by atoms with Gasteiger partial charge in [-0.1, -0.05) is 0 Å². The molecule has 0 aliphatic carbocycles. The highest BCUT2D eigenvalue weighted by molar-refractivity contribution is 6.00. The molecule has 0 aliphatic rings. The van der Waals surface area contributed by atoms with Crippen molar-refractivity contribution in [3.8, 4) is 0 Å². The second-order valence-corrected chi connectivity index (χ2v) is 4.54. The number of aromatic carboxylic acids is 1. The number of benzene rings is 2. The Kier molecular flexibility index (Phi) is 4.54. The van der Waals surface area contributed by atoms with Crippen LogP contribution in [0.2, 0.25) is 0 Å². The lowest BCUT2D eigenvalue weighted by molar-refractivity contribution is -0.137. The Morgan fingerprint density at radius 3 is 1.65 bits per heavy atom. The van der Waals surface area contributed by atoms with Gasteiger partial charge in [-0.15, -0.1) is 0 Å². The largest absolute Gasteiger partial charge is 0.478 e. The lowest BCUT2D eigenvalue weighted by Crippen LogP contribution is -2.19. The van der Waals surface area contributed by atoms with Gasteiger partial charge in [-0.3, -0.25) is 0 Å². The summed E-state index contributed by atoms with van der Waals surface area (Å²) in [7, 11) is 0. The molecule has 0 saturated carbocycles. The molecule has 2 aromatic carbocycles. The molecule has 2 amide bonds. The van der Waals surface area contributed by atoms with E-state index in [-0.39, 0.29) is 11.3 Å². The van der Waals surface area contributed by atoms with E-state index in [2.05, 4.69) is 10.6 Å². The van der Waals surface area contributed by atoms with Crippen molar-refractivity contribution in [3.05, 3.63) is 59.7 Å². The van der Waals surface area contributed by atoms with Gasteiger partial charge >= 0.3 is 18.2 Å². The topological polar surface area (TPSA) is 78.4 Å². The normalized spacial score (nSPS) is 10.9. The standard InChI is InChI=1S/C15H11F3N2O3/c16-15(17,18)10-3-7-12(8-4-10)20-14(23)19-11-5-1-9(2-6-11)13(21)22/h1-8H,(H,21,22)(H2,19,20,23). The van der Waals surface area contributed by atoms with Crippen molar-refractivity contribution in [2.75, 3.05) is 10.6 Å². The van der Waals surface area contributed by atoms with Gasteiger partial charge in [0.1, 0.15) is 0 Å². The Labute approximate surface area is 128 Å². The van der Waals surface area contributed by atoms with E-state index in [1.165, 1.54) is 24.3 Å². The van der Waals surface area contributed by atoms with Crippen molar-refractivity contribution in [1.29, 1.82) is 0 Å². The summed E-state index contributed by atoms with van der Waals surface area (Å²) < 4.78 is 37.3. The highest BCUT2D eigenvalue weighted by Gasteiger charge is 2.29. The van der Waals surface area contributed by atoms with Crippen LogP contribution in [-0.4, -0.2) is 17.1 Å². The van der Waals surface area contributed by atoms with Gasteiger partial charge in [-0.2, -0.15) is 13.2 Å². The van der Waals surface area contributed by atoms with E-state index < -0.39 is 23.7 Å². The van der Waals surface area contributed by atoms with Gasteiger partial charge in [-0.25, -0.2) is 9.59 Å². The summed E-state index contributed by atoms with van der Waals surface area (Å²) in [5, 5.41) is 13.6. The Balaban J connectivity index is 1.98. The second-order valence-electron chi connectivity index (χ2n) is 4.54. The first-order valence-electron chi connectivity index (χ1n) is 6.34. The minimum absolute atomic E-state index is 0.0682. The zero-order valence-electron chi connectivity index (χ0n) is 11.5. The summed E-state index contributed by atoms with van der Waals surface area (Å²) in [5.41, 5.74) is -0.205. The first-order valence-corrected chi connectivity index (χ1v) is 6.34. The van der Waals surface area contributed by atoms with Gasteiger partial charge in [0.15, 0.2) is 0 Å². The third kappa shape index (κ3) is 4.47. The van der Waals surface area contributed by atoms with Crippen LogP contribution in [0, 0.1) is 0 Å². The van der Waals surface area contributed by atoms with Crippen LogP contribution in [0.3, 0.4) is 0 Å². The smallest absolute Gasteiger partial charge is 0.416 e. The fourth-order valence-corrected chi connectivity index (χ4v) is 1.73. The van der Waals surface area contributed by atoms with Crippen LogP contribution in [0.5, 0.6) is 0 Å². The van der Waals surface area contributed by atoms with Crippen LogP contribution < -0.4 is 10.6 Å². The number of hydrogen-bond acceptors (Lipinski definition) is 2. The first kappa shape index (κ1) is 16.3. The predicted molar refractivity (Wildman–Crippen MR) is 77.5 cm³/mol. The monoisotopic (exact) mass is 324 g/mol. The minimum atomic E-state index is -4.44. The first-order chi connectivity index (χ1) is 10.8. The Hall–Kier alpha value is -3.03. The molecular formula is C15H11F3N2O3. The summed E-state index contributed by atoms with van der Waals surface area (Å²) in [6.07, 6.45) is -4.44. The number of hydrogen-bond donors (Lipinski definition) is 3. The zero-order valence-corrected chi connectivity index (χ0v) is 11.5. The molecule has 3 N–H and O–H groups in total. The van der Waals surface area contributed by atoms with E-state index in [9.17, 15) is 22.8 Å². The fraction of sp³-hybridized carbons (Fsp3) is 0.0667. The molecule has 0 atom stereocenters. The van der Waals surface area contributed by atoms with Crippen LogP contribution in [0.1, 0.15) is 15.9 Å². The Morgan fingerprint density at radius 2 is 1.26 bits per heavy atom. The van der Waals surface area contributed by atoms with E-state index in [1.54, 1.807) is 0 Å². The van der Waals surface area contributed by atoms with E-state index >= 15 is 0 Å². The summed E-state index contributed by atoms with van der Waals surface area (Å²) in [6.45, 7) is 0. The molecule has 8 heteroatoms. The quantitative estimate of drug-likeness (QED) is 0.797. The third-order valence-electron chi connectivity index (χ3n) is 2.86. The number of alkyl halides is 3. The second kappa shape index (κ2) is 6.39. The van der Waals surface area contributed by atoms with Gasteiger partial charge in [0.25, 0.3) is 0 Å². The van der Waals surface area contributed by atoms with Gasteiger partial charge in [-0.05, 0) is 48.5 Å². The maximum absolute atomic E-state index is 12.4. The van der Waals surface area contributed by atoms with Crippen molar-refractivity contribution in [2.24, 2.45) is 0 Å². The van der Waals surface area contributed by atoms with Crippen LogP contribution in [-0.2, 0) is 6.18 Å². The van der Waals surface area contributed by atoms with E-state index in [0.717, 1.165) is 24.3 Å². The maximum Gasteiger partial charge on any atom is 0.416 e. The number of urea groups is 1. The number of rotatable bonds is 3. The van der Waals surface area contributed by atoms with E-state index in [4.69, 9.17) is 5.11 Å². The molecule has 0 bridgehead atoms. The number of carboxylic acids is 1. The number of halogens is 3. The SMILES string of the molecule is O=C(Nc1ccc(C(=O)O)cc1)Nc1ccc(C(F)(F)F)cc1. The molecule has 5 nitrogen and oxygen atoms in total. The van der Waals surface area contributed by atoms with Crippen LogP contribution in [0.15, 0.2) is 48.5 Å². The highest BCUT2D eigenvalue weighted by atomic mass is 19.4. The van der Waals surface area contributed by atoms with Crippen molar-refractivity contribution in [1.82, 2.24) is 0 Å². The van der Waals surface area contributed by atoms with Gasteiger partial charge < -0.3 is 15.7 Å². The average molecular weight is 324 g/mol. The Morgan fingerprint density at radius 1 is 0.826 bits per heavy atom. The number of carbonyl (C=O) groups excluding carboxylic acids is 1. The molecule has 120 valence electrons. The molecular weight excluding hydrogens is 313 g/mol. The van der Waals surface area contributed by atoms with Crippen LogP contribution in [0.4, 0.5) is 29.3 Å². The average Bonchev–Trinajstić information content (AvgIpc) is 2.47. The molecule has 23 heavy (non-hydrogen) atoms. The predicted octanol–water partition coefficient (Wildman–Crippen LogP) is 4.05. The third-order valence-corrected chi connectivity index (χ3v) is 2.86. The molecule has 0 aliphatic heterocycles. The molecule has 0 aromatic heterocycles. The molecule has 0 fully saturated rings. The number of carbonyl (C=O) groups is 2. The number of anilines is 2. The fourth-order valence-electron chi connectivity index (χ4n) is 1.73. The molecule has 0 radical (unpaired) electrons. The van der Waals surface area contributed by atoms with Crippen LogP contribution >= 0.6 is 0 Å². The van der Waals surface area contributed by atoms with Crippen molar-refractivity contribution in [2.45, 2.75) is 6.18 Å².